The van der Waals surface area contributed by atoms with Crippen molar-refractivity contribution in [2.24, 2.45) is 0 Å². The number of benzene rings is 2. The van der Waals surface area contributed by atoms with Crippen molar-refractivity contribution >= 4 is 43.5 Å². The predicted molar refractivity (Wildman–Crippen MR) is 142 cm³/mol. The third-order valence-corrected chi connectivity index (χ3v) is 7.79. The topological polar surface area (TPSA) is 96.0 Å². The first-order valence-corrected chi connectivity index (χ1v) is 14.0. The van der Waals surface area contributed by atoms with Crippen molar-refractivity contribution in [1.82, 2.24) is 10.2 Å². The predicted octanol–water partition coefficient (Wildman–Crippen LogP) is 3.86. The number of nitrogens with zero attached hydrogens (tertiary/aromatic N) is 2. The van der Waals surface area contributed by atoms with Gasteiger partial charge in [0.25, 0.3) is 0 Å². The second-order valence-corrected chi connectivity index (χ2v) is 11.3. The molecule has 0 aliphatic carbocycles. The van der Waals surface area contributed by atoms with Gasteiger partial charge < -0.3 is 15.0 Å². The summed E-state index contributed by atoms with van der Waals surface area (Å²) >= 11 is 3.41. The number of hydrogen-bond acceptors (Lipinski definition) is 5. The molecule has 0 radical (unpaired) electrons. The summed E-state index contributed by atoms with van der Waals surface area (Å²) < 4.78 is 32.5. The van der Waals surface area contributed by atoms with Gasteiger partial charge in [0.15, 0.2) is 0 Å². The lowest BCUT2D eigenvalue weighted by atomic mass is 10.1. The lowest BCUT2D eigenvalue weighted by Crippen LogP contribution is -2.52. The first-order valence-electron chi connectivity index (χ1n) is 11.3. The minimum absolute atomic E-state index is 0.0584. The summed E-state index contributed by atoms with van der Waals surface area (Å²) in [5.74, 6) is -0.179. The fraction of sp³-hybridized carbons (Fsp3) is 0.440. The summed E-state index contributed by atoms with van der Waals surface area (Å²) in [6.07, 6.45) is 1.80. The van der Waals surface area contributed by atoms with Crippen molar-refractivity contribution in [3.8, 4) is 5.75 Å². The number of methoxy groups -OCH3 is 1. The lowest BCUT2D eigenvalue weighted by Gasteiger charge is -2.32. The SMILES string of the molecule is CCC(C)NC(=O)C(C)N(Cc1cccc(OC)c1)C(=O)CN(c1ccc(Br)c(C)c1)S(C)(=O)=O. The van der Waals surface area contributed by atoms with Crippen LogP contribution in [0.1, 0.15) is 38.3 Å². The standard InChI is InChI=1S/C25H34BrN3O5S/c1-7-18(3)27-25(31)19(4)28(15-20-9-8-10-22(14-20)34-5)24(30)16-29(35(6,32)33)21-11-12-23(26)17(2)13-21/h8-14,18-19H,7,15-16H2,1-6H3,(H,27,31). The number of ether oxygens (including phenoxy) is 1. The van der Waals surface area contributed by atoms with E-state index in [4.69, 9.17) is 4.74 Å². The summed E-state index contributed by atoms with van der Waals surface area (Å²) in [4.78, 5) is 27.9. The molecule has 0 heterocycles. The summed E-state index contributed by atoms with van der Waals surface area (Å²) in [5.41, 5.74) is 1.96. The maximum atomic E-state index is 13.6. The van der Waals surface area contributed by atoms with Gasteiger partial charge in [-0.25, -0.2) is 8.42 Å². The van der Waals surface area contributed by atoms with E-state index in [0.29, 0.717) is 11.4 Å². The number of hydrogen-bond donors (Lipinski definition) is 1. The number of aryl methyl sites for hydroxylation is 1. The molecular weight excluding hydrogens is 534 g/mol. The molecule has 0 saturated heterocycles. The molecule has 2 amide bonds. The molecule has 2 rings (SSSR count). The Labute approximate surface area is 216 Å². The Hall–Kier alpha value is -2.59. The van der Waals surface area contributed by atoms with Crippen LogP contribution in [0.4, 0.5) is 5.69 Å². The fourth-order valence-electron chi connectivity index (χ4n) is 3.41. The van der Waals surface area contributed by atoms with Gasteiger partial charge in [0.05, 0.1) is 19.1 Å². The van der Waals surface area contributed by atoms with Gasteiger partial charge in [-0.1, -0.05) is 35.0 Å². The van der Waals surface area contributed by atoms with Crippen molar-refractivity contribution < 1.29 is 22.7 Å². The second kappa shape index (κ2) is 12.4. The highest BCUT2D eigenvalue weighted by atomic mass is 79.9. The molecule has 0 saturated carbocycles. The summed E-state index contributed by atoms with van der Waals surface area (Å²) in [6.45, 7) is 7.00. The van der Waals surface area contributed by atoms with Crippen LogP contribution in [0, 0.1) is 6.92 Å². The third-order valence-electron chi connectivity index (χ3n) is 5.76. The third kappa shape index (κ3) is 7.96. The Balaban J connectivity index is 2.42. The zero-order valence-electron chi connectivity index (χ0n) is 21.0. The molecule has 35 heavy (non-hydrogen) atoms. The van der Waals surface area contributed by atoms with Crippen LogP contribution in [-0.2, 0) is 26.2 Å². The van der Waals surface area contributed by atoms with Crippen molar-refractivity contribution in [2.45, 2.75) is 52.7 Å². The number of anilines is 1. The van der Waals surface area contributed by atoms with E-state index in [2.05, 4.69) is 21.2 Å². The van der Waals surface area contributed by atoms with Gasteiger partial charge in [-0.15, -0.1) is 0 Å². The number of carbonyl (C=O) groups excluding carboxylic acids is 2. The van der Waals surface area contributed by atoms with Gasteiger partial charge in [-0.05, 0) is 68.7 Å². The molecular formula is C25H34BrN3O5S. The van der Waals surface area contributed by atoms with E-state index in [1.54, 1.807) is 50.4 Å². The molecule has 0 aromatic heterocycles. The number of nitrogens with one attached hydrogen (secondary N) is 1. The molecule has 2 aromatic rings. The van der Waals surface area contributed by atoms with Gasteiger partial charge in [-0.3, -0.25) is 13.9 Å². The monoisotopic (exact) mass is 567 g/mol. The Bertz CT molecular complexity index is 1160. The van der Waals surface area contributed by atoms with Crippen molar-refractivity contribution in [3.63, 3.8) is 0 Å². The highest BCUT2D eigenvalue weighted by molar-refractivity contribution is 9.10. The minimum atomic E-state index is -3.78. The molecule has 0 bridgehead atoms. The first-order chi connectivity index (χ1) is 16.4. The van der Waals surface area contributed by atoms with Crippen LogP contribution >= 0.6 is 15.9 Å². The minimum Gasteiger partial charge on any atom is -0.497 e. The number of halogens is 1. The van der Waals surface area contributed by atoms with E-state index < -0.39 is 28.5 Å². The smallest absolute Gasteiger partial charge is 0.244 e. The highest BCUT2D eigenvalue weighted by Crippen LogP contribution is 2.25. The van der Waals surface area contributed by atoms with Gasteiger partial charge in [0, 0.05) is 17.1 Å². The van der Waals surface area contributed by atoms with E-state index in [1.807, 2.05) is 26.8 Å². The fourth-order valence-corrected chi connectivity index (χ4v) is 4.50. The average Bonchev–Trinajstić information content (AvgIpc) is 2.81. The Morgan fingerprint density at radius 2 is 1.83 bits per heavy atom. The van der Waals surface area contributed by atoms with Gasteiger partial charge in [0.2, 0.25) is 21.8 Å². The largest absolute Gasteiger partial charge is 0.497 e. The molecule has 2 atom stereocenters. The maximum absolute atomic E-state index is 13.6. The van der Waals surface area contributed by atoms with E-state index >= 15 is 0 Å². The molecule has 10 heteroatoms. The number of carbonyl (C=O) groups is 2. The van der Waals surface area contributed by atoms with Crippen LogP contribution in [0.3, 0.4) is 0 Å². The quantitative estimate of drug-likeness (QED) is 0.444. The maximum Gasteiger partial charge on any atom is 0.244 e. The Kier molecular flexibility index (Phi) is 10.1. The highest BCUT2D eigenvalue weighted by Gasteiger charge is 2.30. The summed E-state index contributed by atoms with van der Waals surface area (Å²) in [6, 6.07) is 11.4. The number of rotatable bonds is 11. The normalized spacial score (nSPS) is 13.0. The van der Waals surface area contributed by atoms with Gasteiger partial charge in [0.1, 0.15) is 18.3 Å². The molecule has 2 aromatic carbocycles. The van der Waals surface area contributed by atoms with Crippen LogP contribution in [-0.4, -0.2) is 57.1 Å². The van der Waals surface area contributed by atoms with E-state index in [-0.39, 0.29) is 18.5 Å². The number of sulfonamides is 1. The van der Waals surface area contributed by atoms with Crippen LogP contribution in [0.15, 0.2) is 46.9 Å². The molecule has 0 fully saturated rings. The van der Waals surface area contributed by atoms with E-state index in [9.17, 15) is 18.0 Å². The molecule has 2 unspecified atom stereocenters. The van der Waals surface area contributed by atoms with Crippen LogP contribution in [0.25, 0.3) is 0 Å². The van der Waals surface area contributed by atoms with Crippen LogP contribution in [0.5, 0.6) is 5.75 Å². The molecule has 192 valence electrons. The zero-order valence-corrected chi connectivity index (χ0v) is 23.4. The molecule has 0 aliphatic heterocycles. The van der Waals surface area contributed by atoms with E-state index in [0.717, 1.165) is 32.6 Å². The Morgan fingerprint density at radius 3 is 2.40 bits per heavy atom. The second-order valence-electron chi connectivity index (χ2n) is 8.57. The number of amides is 2. The summed E-state index contributed by atoms with van der Waals surface area (Å²) in [7, 11) is -2.23. The Morgan fingerprint density at radius 1 is 1.14 bits per heavy atom. The first kappa shape index (κ1) is 28.6. The summed E-state index contributed by atoms with van der Waals surface area (Å²) in [5, 5.41) is 2.91. The molecule has 0 aliphatic rings. The zero-order chi connectivity index (χ0) is 26.3. The van der Waals surface area contributed by atoms with Gasteiger partial charge >= 0.3 is 0 Å². The van der Waals surface area contributed by atoms with Crippen molar-refractivity contribution in [3.05, 3.63) is 58.1 Å². The van der Waals surface area contributed by atoms with Crippen molar-refractivity contribution in [2.75, 3.05) is 24.2 Å². The lowest BCUT2D eigenvalue weighted by molar-refractivity contribution is -0.139. The van der Waals surface area contributed by atoms with Crippen molar-refractivity contribution in [1.29, 1.82) is 0 Å². The van der Waals surface area contributed by atoms with Gasteiger partial charge in [-0.2, -0.15) is 0 Å². The molecule has 1 N–H and O–H groups in total. The molecule has 8 nitrogen and oxygen atoms in total. The average molecular weight is 569 g/mol. The van der Waals surface area contributed by atoms with Crippen LogP contribution in [0.2, 0.25) is 0 Å². The van der Waals surface area contributed by atoms with Crippen LogP contribution < -0.4 is 14.4 Å². The van der Waals surface area contributed by atoms with E-state index in [1.165, 1.54) is 4.90 Å². The molecule has 0 spiro atoms.